The average molecular weight is 189 g/mol. The van der Waals surface area contributed by atoms with E-state index < -0.39 is 0 Å². The molecule has 0 aliphatic rings. The molecule has 1 aromatic carbocycles. The summed E-state index contributed by atoms with van der Waals surface area (Å²) < 4.78 is 1.78. The van der Waals surface area contributed by atoms with Gasteiger partial charge in [0, 0.05) is 12.4 Å². The smallest absolute Gasteiger partial charge is 0.191 e. The van der Waals surface area contributed by atoms with Crippen molar-refractivity contribution in [3.8, 4) is 0 Å². The molecule has 5 heteroatoms. The van der Waals surface area contributed by atoms with Crippen molar-refractivity contribution >= 4 is 22.5 Å². The summed E-state index contributed by atoms with van der Waals surface area (Å²) in [4.78, 5) is 3.96. The van der Waals surface area contributed by atoms with Crippen molar-refractivity contribution in [3.05, 3.63) is 24.4 Å². The Morgan fingerprint density at radius 1 is 1.43 bits per heavy atom. The van der Waals surface area contributed by atoms with Crippen molar-refractivity contribution in [3.63, 3.8) is 0 Å². The second-order valence-electron chi connectivity index (χ2n) is 3.05. The number of fused-ring (bicyclic) bond motifs is 1. The lowest BCUT2D eigenvalue weighted by Crippen LogP contribution is -2.21. The Morgan fingerprint density at radius 3 is 2.93 bits per heavy atom. The fourth-order valence-corrected chi connectivity index (χ4v) is 1.35. The molecule has 1 aromatic heterocycles. The quantitative estimate of drug-likeness (QED) is 0.505. The third-order valence-corrected chi connectivity index (χ3v) is 1.99. The van der Waals surface area contributed by atoms with Gasteiger partial charge in [-0.05, 0) is 18.2 Å². The fraction of sp³-hybridized carbons (Fsp3) is 0.111. The van der Waals surface area contributed by atoms with Gasteiger partial charge in [0.25, 0.3) is 0 Å². The van der Waals surface area contributed by atoms with E-state index in [4.69, 9.17) is 11.5 Å². The molecule has 0 unspecified atom stereocenters. The first-order chi connectivity index (χ1) is 6.66. The molecule has 2 rings (SSSR count). The number of aromatic nitrogens is 2. The maximum Gasteiger partial charge on any atom is 0.191 e. The highest BCUT2D eigenvalue weighted by atomic mass is 15.2. The Bertz CT molecular complexity index is 493. The van der Waals surface area contributed by atoms with Gasteiger partial charge in [-0.25, -0.2) is 4.99 Å². The van der Waals surface area contributed by atoms with Crippen LogP contribution in [-0.4, -0.2) is 15.7 Å². The third kappa shape index (κ3) is 1.39. The van der Waals surface area contributed by atoms with Gasteiger partial charge in [-0.1, -0.05) is 0 Å². The van der Waals surface area contributed by atoms with Gasteiger partial charge < -0.3 is 11.5 Å². The van der Waals surface area contributed by atoms with Gasteiger partial charge in [0.1, 0.15) is 0 Å². The highest BCUT2D eigenvalue weighted by Crippen LogP contribution is 2.19. The molecule has 0 radical (unpaired) electrons. The van der Waals surface area contributed by atoms with E-state index in [0.717, 1.165) is 16.6 Å². The Labute approximate surface area is 81.0 Å². The third-order valence-electron chi connectivity index (χ3n) is 1.99. The van der Waals surface area contributed by atoms with Crippen molar-refractivity contribution < 1.29 is 0 Å². The Morgan fingerprint density at radius 2 is 2.21 bits per heavy atom. The summed E-state index contributed by atoms with van der Waals surface area (Å²) in [5, 5.41) is 5.19. The summed E-state index contributed by atoms with van der Waals surface area (Å²) in [5.74, 6) is 0.0616. The summed E-state index contributed by atoms with van der Waals surface area (Å²) in [6, 6.07) is 5.68. The number of benzene rings is 1. The maximum atomic E-state index is 5.29. The van der Waals surface area contributed by atoms with Crippen LogP contribution in [-0.2, 0) is 7.05 Å². The summed E-state index contributed by atoms with van der Waals surface area (Å²) in [6.45, 7) is 0. The minimum absolute atomic E-state index is 0.0616. The molecule has 0 saturated heterocycles. The van der Waals surface area contributed by atoms with E-state index in [2.05, 4.69) is 10.1 Å². The van der Waals surface area contributed by atoms with Gasteiger partial charge in [0.2, 0.25) is 0 Å². The van der Waals surface area contributed by atoms with Gasteiger partial charge >= 0.3 is 0 Å². The summed E-state index contributed by atoms with van der Waals surface area (Å²) >= 11 is 0. The zero-order valence-corrected chi connectivity index (χ0v) is 7.81. The number of aliphatic imine (C=N–C) groups is 1. The van der Waals surface area contributed by atoms with Crippen LogP contribution in [0.15, 0.2) is 29.4 Å². The van der Waals surface area contributed by atoms with Gasteiger partial charge in [0.15, 0.2) is 5.96 Å². The second-order valence-corrected chi connectivity index (χ2v) is 3.05. The van der Waals surface area contributed by atoms with Crippen LogP contribution in [0.4, 0.5) is 5.69 Å². The summed E-state index contributed by atoms with van der Waals surface area (Å²) in [6.07, 6.45) is 1.80. The van der Waals surface area contributed by atoms with Crippen LogP contribution in [0.25, 0.3) is 10.9 Å². The number of guanidine groups is 1. The van der Waals surface area contributed by atoms with Crippen molar-refractivity contribution in [1.82, 2.24) is 9.78 Å². The zero-order valence-electron chi connectivity index (χ0n) is 7.81. The molecular formula is C9H11N5. The van der Waals surface area contributed by atoms with E-state index in [0.29, 0.717) is 0 Å². The second kappa shape index (κ2) is 3.02. The van der Waals surface area contributed by atoms with Gasteiger partial charge in [-0.3, -0.25) is 4.68 Å². The zero-order chi connectivity index (χ0) is 10.1. The number of aryl methyl sites for hydroxylation is 1. The highest BCUT2D eigenvalue weighted by molar-refractivity contribution is 5.84. The van der Waals surface area contributed by atoms with E-state index in [1.165, 1.54) is 0 Å². The predicted molar refractivity (Wildman–Crippen MR) is 56.2 cm³/mol. The SMILES string of the molecule is Cn1ncc2ccc(N=C(N)N)cc21. The van der Waals surface area contributed by atoms with Crippen molar-refractivity contribution in [2.45, 2.75) is 0 Å². The molecule has 1 heterocycles. The molecule has 0 saturated carbocycles. The van der Waals surface area contributed by atoms with Crippen LogP contribution in [0.1, 0.15) is 0 Å². The van der Waals surface area contributed by atoms with E-state index in [-0.39, 0.29) is 5.96 Å². The van der Waals surface area contributed by atoms with Gasteiger partial charge in [-0.2, -0.15) is 5.10 Å². The molecule has 5 nitrogen and oxygen atoms in total. The van der Waals surface area contributed by atoms with Crippen LogP contribution < -0.4 is 11.5 Å². The molecule has 2 aromatic rings. The molecule has 0 bridgehead atoms. The fourth-order valence-electron chi connectivity index (χ4n) is 1.35. The molecule has 14 heavy (non-hydrogen) atoms. The normalized spacial score (nSPS) is 10.4. The lowest BCUT2D eigenvalue weighted by molar-refractivity contribution is 0.797. The van der Waals surface area contributed by atoms with E-state index >= 15 is 0 Å². The number of nitrogens with zero attached hydrogens (tertiary/aromatic N) is 3. The molecule has 0 aliphatic carbocycles. The first-order valence-corrected chi connectivity index (χ1v) is 4.18. The first kappa shape index (κ1) is 8.55. The number of hydrogen-bond acceptors (Lipinski definition) is 2. The van der Waals surface area contributed by atoms with Crippen molar-refractivity contribution in [2.24, 2.45) is 23.5 Å². The minimum Gasteiger partial charge on any atom is -0.370 e. The van der Waals surface area contributed by atoms with Crippen LogP contribution >= 0.6 is 0 Å². The lowest BCUT2D eigenvalue weighted by atomic mass is 10.2. The number of rotatable bonds is 1. The topological polar surface area (TPSA) is 82.2 Å². The minimum atomic E-state index is 0.0616. The van der Waals surface area contributed by atoms with Gasteiger partial charge in [0.05, 0.1) is 17.4 Å². The van der Waals surface area contributed by atoms with Crippen molar-refractivity contribution in [2.75, 3.05) is 0 Å². The number of nitrogens with two attached hydrogens (primary N) is 2. The molecule has 4 N–H and O–H groups in total. The monoisotopic (exact) mass is 189 g/mol. The molecule has 0 amide bonds. The Hall–Kier alpha value is -2.04. The Kier molecular flexibility index (Phi) is 1.85. The molecule has 0 fully saturated rings. The van der Waals surface area contributed by atoms with E-state index in [9.17, 15) is 0 Å². The lowest BCUT2D eigenvalue weighted by Gasteiger charge is -1.97. The summed E-state index contributed by atoms with van der Waals surface area (Å²) in [5.41, 5.74) is 12.3. The maximum absolute atomic E-state index is 5.29. The van der Waals surface area contributed by atoms with Crippen LogP contribution in [0.5, 0.6) is 0 Å². The molecule has 72 valence electrons. The predicted octanol–water partition coefficient (Wildman–Crippen LogP) is 0.478. The highest BCUT2D eigenvalue weighted by Gasteiger charge is 1.99. The molecular weight excluding hydrogens is 178 g/mol. The molecule has 0 spiro atoms. The van der Waals surface area contributed by atoms with E-state index in [1.54, 1.807) is 10.9 Å². The van der Waals surface area contributed by atoms with Gasteiger partial charge in [-0.15, -0.1) is 0 Å². The molecule has 0 atom stereocenters. The van der Waals surface area contributed by atoms with Crippen LogP contribution in [0.2, 0.25) is 0 Å². The first-order valence-electron chi connectivity index (χ1n) is 4.18. The largest absolute Gasteiger partial charge is 0.370 e. The average Bonchev–Trinajstić information content (AvgIpc) is 2.47. The van der Waals surface area contributed by atoms with Crippen molar-refractivity contribution in [1.29, 1.82) is 0 Å². The Balaban J connectivity index is 2.60. The van der Waals surface area contributed by atoms with Crippen LogP contribution in [0.3, 0.4) is 0 Å². The van der Waals surface area contributed by atoms with E-state index in [1.807, 2.05) is 25.2 Å². The summed E-state index contributed by atoms with van der Waals surface area (Å²) in [7, 11) is 1.88. The molecule has 0 aliphatic heterocycles. The number of hydrogen-bond donors (Lipinski definition) is 2. The van der Waals surface area contributed by atoms with Crippen LogP contribution in [0, 0.1) is 0 Å². The standard InChI is InChI=1S/C9H11N5/c1-14-8-4-7(13-9(10)11)3-2-6(8)5-12-14/h2-5H,1H3,(H4,10,11,13).